The fourth-order valence-electron chi connectivity index (χ4n) is 6.57. The third kappa shape index (κ3) is 4.18. The Kier molecular flexibility index (Phi) is 6.41. The third-order valence-corrected chi connectivity index (χ3v) is 8.51. The molecule has 218 valence electrons. The van der Waals surface area contributed by atoms with Crippen LogP contribution in [0.2, 0.25) is 0 Å². The van der Waals surface area contributed by atoms with Gasteiger partial charge in [0.15, 0.2) is 29.8 Å². The second kappa shape index (κ2) is 9.89. The highest BCUT2D eigenvalue weighted by molar-refractivity contribution is 6.47. The number of hydrogen-bond acceptors (Lipinski definition) is 13. The van der Waals surface area contributed by atoms with E-state index in [1.165, 1.54) is 19.3 Å². The van der Waals surface area contributed by atoms with E-state index in [2.05, 4.69) is 0 Å². The number of esters is 1. The van der Waals surface area contributed by atoms with Crippen molar-refractivity contribution in [3.05, 3.63) is 46.7 Å². The predicted molar refractivity (Wildman–Crippen MR) is 131 cm³/mol. The summed E-state index contributed by atoms with van der Waals surface area (Å²) in [5, 5.41) is 21.8. The Labute approximate surface area is 233 Å². The molecule has 0 radical (unpaired) electrons. The third-order valence-electron chi connectivity index (χ3n) is 8.51. The Bertz CT molecular complexity index is 1360. The number of fused-ring (bicyclic) bond motifs is 4. The van der Waals surface area contributed by atoms with Gasteiger partial charge in [-0.05, 0) is 47.9 Å². The van der Waals surface area contributed by atoms with Crippen molar-refractivity contribution in [2.24, 2.45) is 11.8 Å². The number of benzene rings is 1. The van der Waals surface area contributed by atoms with Crippen molar-refractivity contribution in [3.8, 4) is 11.5 Å². The lowest BCUT2D eigenvalue weighted by molar-refractivity contribution is -0.364. The van der Waals surface area contributed by atoms with Gasteiger partial charge in [0.25, 0.3) is 5.78 Å². The molecule has 10 atom stereocenters. The van der Waals surface area contributed by atoms with Crippen molar-refractivity contribution in [2.75, 3.05) is 27.1 Å². The minimum atomic E-state index is -1.47. The van der Waals surface area contributed by atoms with Crippen LogP contribution in [0.15, 0.2) is 35.6 Å². The SMILES string of the molecule is COC1=CC([C@@H]2c3cc4c(cc3[C@@H](O[C@@H]3O[C@@H]5CO[C@@H](C)O[C@H]5[C@H](O)[C@H]3O)[C@@H]3COC(=O)[C@@H]32)OCO4)=CC(=O)C1=O. The summed E-state index contributed by atoms with van der Waals surface area (Å²) >= 11 is 0. The number of rotatable bonds is 4. The molecule has 41 heavy (non-hydrogen) atoms. The van der Waals surface area contributed by atoms with Crippen LogP contribution in [-0.4, -0.2) is 91.9 Å². The molecule has 0 aromatic heterocycles. The Hall–Kier alpha value is -3.33. The van der Waals surface area contributed by atoms with E-state index in [1.54, 1.807) is 19.1 Å². The lowest BCUT2D eigenvalue weighted by Gasteiger charge is -2.47. The monoisotopic (exact) mass is 572 g/mol. The van der Waals surface area contributed by atoms with Gasteiger partial charge in [0.05, 0.1) is 32.3 Å². The smallest absolute Gasteiger partial charge is 0.310 e. The Balaban J connectivity index is 1.30. The van der Waals surface area contributed by atoms with E-state index in [0.29, 0.717) is 28.2 Å². The molecule has 13 heteroatoms. The summed E-state index contributed by atoms with van der Waals surface area (Å²) in [5.41, 5.74) is 1.58. The fraction of sp³-hybridized carbons (Fsp3) is 0.536. The average molecular weight is 573 g/mol. The highest BCUT2D eigenvalue weighted by Crippen LogP contribution is 2.56. The molecule has 3 fully saturated rings. The molecule has 4 heterocycles. The molecule has 1 aromatic rings. The predicted octanol–water partition coefficient (Wildman–Crippen LogP) is 0.176. The Morgan fingerprint density at radius 1 is 0.927 bits per heavy atom. The first-order chi connectivity index (χ1) is 19.7. The number of carbonyl (C=O) groups excluding carboxylic acids is 3. The molecule has 3 saturated heterocycles. The minimum Gasteiger partial charge on any atom is -0.492 e. The van der Waals surface area contributed by atoms with Crippen LogP contribution >= 0.6 is 0 Å². The van der Waals surface area contributed by atoms with Gasteiger partial charge in [0, 0.05) is 11.8 Å². The summed E-state index contributed by atoms with van der Waals surface area (Å²) in [4.78, 5) is 38.2. The molecule has 0 amide bonds. The van der Waals surface area contributed by atoms with E-state index in [-0.39, 0.29) is 25.8 Å². The van der Waals surface area contributed by atoms with Crippen LogP contribution in [-0.2, 0) is 42.8 Å². The Morgan fingerprint density at radius 3 is 2.44 bits per heavy atom. The van der Waals surface area contributed by atoms with E-state index >= 15 is 0 Å². The zero-order chi connectivity index (χ0) is 28.6. The van der Waals surface area contributed by atoms with Gasteiger partial charge in [0.1, 0.15) is 24.4 Å². The molecule has 6 aliphatic rings. The van der Waals surface area contributed by atoms with Crippen LogP contribution in [0.5, 0.6) is 11.5 Å². The van der Waals surface area contributed by atoms with Gasteiger partial charge in [-0.3, -0.25) is 14.4 Å². The number of ether oxygens (including phenoxy) is 8. The molecule has 0 bridgehead atoms. The van der Waals surface area contributed by atoms with Gasteiger partial charge in [0.2, 0.25) is 12.6 Å². The van der Waals surface area contributed by atoms with E-state index in [0.717, 1.165) is 0 Å². The second-order valence-corrected chi connectivity index (χ2v) is 10.8. The van der Waals surface area contributed by atoms with Crippen molar-refractivity contribution >= 4 is 17.5 Å². The van der Waals surface area contributed by atoms with Crippen molar-refractivity contribution in [1.82, 2.24) is 0 Å². The number of cyclic esters (lactones) is 1. The largest absolute Gasteiger partial charge is 0.492 e. The maximum atomic E-state index is 13.3. The van der Waals surface area contributed by atoms with Crippen molar-refractivity contribution in [2.45, 2.75) is 55.9 Å². The minimum absolute atomic E-state index is 0.00907. The molecule has 4 aliphatic heterocycles. The topological polar surface area (TPSA) is 166 Å². The zero-order valence-corrected chi connectivity index (χ0v) is 22.1. The first kappa shape index (κ1) is 26.6. The maximum Gasteiger partial charge on any atom is 0.310 e. The molecule has 1 aromatic carbocycles. The molecular formula is C28H28O13. The molecule has 0 saturated carbocycles. The number of hydrogen-bond donors (Lipinski definition) is 2. The van der Waals surface area contributed by atoms with Crippen molar-refractivity contribution in [1.29, 1.82) is 0 Å². The van der Waals surface area contributed by atoms with Crippen LogP contribution in [0, 0.1) is 11.8 Å². The molecule has 2 N–H and O–H groups in total. The van der Waals surface area contributed by atoms with Crippen molar-refractivity contribution < 1.29 is 62.5 Å². The molecule has 0 unspecified atom stereocenters. The summed E-state index contributed by atoms with van der Waals surface area (Å²) in [5.74, 6) is -3.43. The molecule has 7 rings (SSSR count). The van der Waals surface area contributed by atoms with Crippen LogP contribution < -0.4 is 9.47 Å². The number of Topliss-reactive ketones (excluding diaryl/α,β-unsaturated/α-hetero) is 1. The lowest BCUT2D eigenvalue weighted by Crippen LogP contribution is -2.63. The van der Waals surface area contributed by atoms with E-state index in [9.17, 15) is 24.6 Å². The van der Waals surface area contributed by atoms with Gasteiger partial charge in [-0.2, -0.15) is 0 Å². The first-order valence-electron chi connectivity index (χ1n) is 13.3. The highest BCUT2D eigenvalue weighted by atomic mass is 16.8. The summed E-state index contributed by atoms with van der Waals surface area (Å²) in [6.45, 7) is 1.79. The fourth-order valence-corrected chi connectivity index (χ4v) is 6.57. The van der Waals surface area contributed by atoms with Gasteiger partial charge in [-0.1, -0.05) is 0 Å². The van der Waals surface area contributed by atoms with Crippen LogP contribution in [0.4, 0.5) is 0 Å². The maximum absolute atomic E-state index is 13.3. The van der Waals surface area contributed by atoms with E-state index < -0.39 is 78.4 Å². The van der Waals surface area contributed by atoms with Crippen molar-refractivity contribution in [3.63, 3.8) is 0 Å². The number of carbonyl (C=O) groups is 3. The average Bonchev–Trinajstić information content (AvgIpc) is 3.58. The molecule has 13 nitrogen and oxygen atoms in total. The van der Waals surface area contributed by atoms with Gasteiger partial charge in [-0.25, -0.2) is 0 Å². The number of aliphatic hydroxyl groups excluding tert-OH is 2. The number of allylic oxidation sites excluding steroid dienone is 4. The molecular weight excluding hydrogens is 544 g/mol. The quantitative estimate of drug-likeness (QED) is 0.285. The van der Waals surface area contributed by atoms with Gasteiger partial charge in [-0.15, -0.1) is 0 Å². The highest BCUT2D eigenvalue weighted by Gasteiger charge is 2.56. The van der Waals surface area contributed by atoms with Crippen LogP contribution in [0.1, 0.15) is 30.1 Å². The lowest BCUT2D eigenvalue weighted by atomic mass is 9.65. The van der Waals surface area contributed by atoms with Crippen LogP contribution in [0.25, 0.3) is 0 Å². The summed E-state index contributed by atoms with van der Waals surface area (Å²) in [6, 6.07) is 3.45. The van der Waals surface area contributed by atoms with Gasteiger partial charge >= 0.3 is 5.97 Å². The second-order valence-electron chi connectivity index (χ2n) is 10.8. The van der Waals surface area contributed by atoms with Crippen LogP contribution in [0.3, 0.4) is 0 Å². The summed E-state index contributed by atoms with van der Waals surface area (Å²) in [7, 11) is 1.29. The van der Waals surface area contributed by atoms with E-state index in [1.807, 2.05) is 0 Å². The molecule has 0 spiro atoms. The normalized spacial score (nSPS) is 39.3. The zero-order valence-electron chi connectivity index (χ0n) is 22.1. The van der Waals surface area contributed by atoms with Gasteiger partial charge < -0.3 is 48.1 Å². The summed E-state index contributed by atoms with van der Waals surface area (Å²) in [6.07, 6.45) is -4.35. The van der Waals surface area contributed by atoms with E-state index in [4.69, 9.17) is 37.9 Å². The number of aliphatic hydroxyl groups is 2. The Morgan fingerprint density at radius 2 is 1.68 bits per heavy atom. The summed E-state index contributed by atoms with van der Waals surface area (Å²) < 4.78 is 45.5. The number of ketones is 2. The molecule has 2 aliphatic carbocycles. The number of methoxy groups -OCH3 is 1. The standard InChI is InChI=1S/C28H28O13/c1-10-35-8-19-26(39-10)23(31)24(32)28(40-19)41-25-13-6-17-16(37-9-38-17)5-12(13)20(21-14(25)7-36-27(21)33)11-3-15(29)22(30)18(4-11)34-2/h3-6,10,14,19-21,23-26,28,31-32H,7-9H2,1-2H3/t10-,14-,19-,20-,21+,23-,24-,25-,26-,28+/m1/s1. The first-order valence-corrected chi connectivity index (χ1v) is 13.3.